The van der Waals surface area contributed by atoms with Gasteiger partial charge in [-0.3, -0.25) is 4.98 Å². The molecule has 88 valence electrons. The summed E-state index contributed by atoms with van der Waals surface area (Å²) >= 11 is 0. The molecule has 1 aromatic heterocycles. The summed E-state index contributed by atoms with van der Waals surface area (Å²) < 4.78 is 5.34. The number of nitrogens with zero attached hydrogens (tertiary/aromatic N) is 1. The van der Waals surface area contributed by atoms with Crippen molar-refractivity contribution in [2.75, 3.05) is 14.2 Å². The molecule has 1 N–H and O–H groups in total. The molecule has 2 aromatic rings. The Morgan fingerprint density at radius 2 is 1.88 bits per heavy atom. The topological polar surface area (TPSA) is 34.2 Å². The lowest BCUT2D eigenvalue weighted by molar-refractivity contribution is 0.408. The smallest absolute Gasteiger partial charge is 0.123 e. The van der Waals surface area contributed by atoms with E-state index in [2.05, 4.69) is 22.4 Å². The zero-order chi connectivity index (χ0) is 12.1. The van der Waals surface area contributed by atoms with Gasteiger partial charge in [0.05, 0.1) is 7.11 Å². The molecule has 0 amide bonds. The van der Waals surface area contributed by atoms with Crippen LogP contribution in [0, 0.1) is 0 Å². The Morgan fingerprint density at radius 1 is 1.12 bits per heavy atom. The molecule has 0 bridgehead atoms. The van der Waals surface area contributed by atoms with E-state index in [-0.39, 0.29) is 0 Å². The number of rotatable bonds is 4. The van der Waals surface area contributed by atoms with Gasteiger partial charge in [0, 0.05) is 24.5 Å². The van der Waals surface area contributed by atoms with Gasteiger partial charge in [0.2, 0.25) is 0 Å². The molecule has 3 nitrogen and oxygen atoms in total. The molecular weight excluding hydrogens is 212 g/mol. The fourth-order valence-corrected chi connectivity index (χ4v) is 1.83. The Balaban J connectivity index is 2.40. The summed E-state index contributed by atoms with van der Waals surface area (Å²) in [5.74, 6) is 0.914. The zero-order valence-corrected chi connectivity index (χ0v) is 10.1. The molecule has 1 aromatic carbocycles. The number of hydrogen-bond donors (Lipinski definition) is 1. The number of nitrogens with one attached hydrogen (secondary N) is 1. The standard InChI is InChI=1S/C14H16N2O/c1-15-10-13-9-12(3-4-14(13)17-2)11-5-7-16-8-6-11/h3-9,15H,10H2,1-2H3. The van der Waals surface area contributed by atoms with Crippen LogP contribution in [0.5, 0.6) is 5.75 Å². The van der Waals surface area contributed by atoms with Crippen molar-refractivity contribution in [1.29, 1.82) is 0 Å². The molecule has 0 aliphatic carbocycles. The van der Waals surface area contributed by atoms with Gasteiger partial charge in [0.25, 0.3) is 0 Å². The first-order valence-electron chi connectivity index (χ1n) is 5.57. The molecule has 2 rings (SSSR count). The van der Waals surface area contributed by atoms with Crippen LogP contribution < -0.4 is 10.1 Å². The summed E-state index contributed by atoms with van der Waals surface area (Å²) in [7, 11) is 3.62. The van der Waals surface area contributed by atoms with Crippen LogP contribution in [-0.4, -0.2) is 19.1 Å². The van der Waals surface area contributed by atoms with Gasteiger partial charge in [-0.25, -0.2) is 0 Å². The summed E-state index contributed by atoms with van der Waals surface area (Å²) in [4.78, 5) is 4.03. The van der Waals surface area contributed by atoms with Crippen LogP contribution in [0.25, 0.3) is 11.1 Å². The van der Waals surface area contributed by atoms with Crippen LogP contribution in [0.4, 0.5) is 0 Å². The van der Waals surface area contributed by atoms with Gasteiger partial charge in [-0.05, 0) is 42.4 Å². The predicted molar refractivity (Wildman–Crippen MR) is 69.0 cm³/mol. The molecule has 17 heavy (non-hydrogen) atoms. The predicted octanol–water partition coefficient (Wildman–Crippen LogP) is 2.48. The number of hydrogen-bond acceptors (Lipinski definition) is 3. The van der Waals surface area contributed by atoms with E-state index in [0.29, 0.717) is 0 Å². The van der Waals surface area contributed by atoms with E-state index in [1.165, 1.54) is 11.1 Å². The van der Waals surface area contributed by atoms with Gasteiger partial charge in [-0.15, -0.1) is 0 Å². The lowest BCUT2D eigenvalue weighted by Gasteiger charge is -2.10. The first kappa shape index (κ1) is 11.6. The van der Waals surface area contributed by atoms with Gasteiger partial charge in [0.1, 0.15) is 5.75 Å². The van der Waals surface area contributed by atoms with Gasteiger partial charge in [-0.1, -0.05) is 6.07 Å². The highest BCUT2D eigenvalue weighted by atomic mass is 16.5. The largest absolute Gasteiger partial charge is 0.496 e. The van der Waals surface area contributed by atoms with E-state index in [4.69, 9.17) is 4.74 Å². The van der Waals surface area contributed by atoms with Crippen molar-refractivity contribution in [3.05, 3.63) is 48.3 Å². The Bertz CT molecular complexity index is 483. The molecule has 0 saturated heterocycles. The maximum absolute atomic E-state index is 5.34. The summed E-state index contributed by atoms with van der Waals surface area (Å²) in [6.07, 6.45) is 3.61. The highest BCUT2D eigenvalue weighted by molar-refractivity contribution is 5.65. The van der Waals surface area contributed by atoms with Gasteiger partial charge >= 0.3 is 0 Å². The average molecular weight is 228 g/mol. The van der Waals surface area contributed by atoms with E-state index >= 15 is 0 Å². The third-order valence-corrected chi connectivity index (χ3v) is 2.66. The third kappa shape index (κ3) is 2.63. The van der Waals surface area contributed by atoms with Crippen molar-refractivity contribution in [2.45, 2.75) is 6.54 Å². The molecule has 0 atom stereocenters. The quantitative estimate of drug-likeness (QED) is 0.873. The Morgan fingerprint density at radius 3 is 2.53 bits per heavy atom. The minimum Gasteiger partial charge on any atom is -0.496 e. The second kappa shape index (κ2) is 5.46. The Kier molecular flexibility index (Phi) is 3.73. The average Bonchev–Trinajstić information content (AvgIpc) is 2.40. The maximum atomic E-state index is 5.34. The highest BCUT2D eigenvalue weighted by Crippen LogP contribution is 2.26. The van der Waals surface area contributed by atoms with E-state index in [0.717, 1.165) is 17.9 Å². The number of benzene rings is 1. The molecule has 0 spiro atoms. The van der Waals surface area contributed by atoms with Crippen molar-refractivity contribution < 1.29 is 4.74 Å². The highest BCUT2D eigenvalue weighted by Gasteiger charge is 2.04. The fourth-order valence-electron chi connectivity index (χ4n) is 1.83. The zero-order valence-electron chi connectivity index (χ0n) is 10.1. The van der Waals surface area contributed by atoms with E-state index in [9.17, 15) is 0 Å². The van der Waals surface area contributed by atoms with Crippen molar-refractivity contribution in [1.82, 2.24) is 10.3 Å². The number of ether oxygens (including phenoxy) is 1. The second-order valence-corrected chi connectivity index (χ2v) is 3.79. The molecule has 1 heterocycles. The maximum Gasteiger partial charge on any atom is 0.123 e. The fraction of sp³-hybridized carbons (Fsp3) is 0.214. The van der Waals surface area contributed by atoms with Crippen molar-refractivity contribution in [3.63, 3.8) is 0 Å². The SMILES string of the molecule is CNCc1cc(-c2ccncc2)ccc1OC. The number of aromatic nitrogens is 1. The second-order valence-electron chi connectivity index (χ2n) is 3.79. The monoisotopic (exact) mass is 228 g/mol. The molecule has 0 aliphatic rings. The van der Waals surface area contributed by atoms with E-state index in [1.54, 1.807) is 19.5 Å². The number of pyridine rings is 1. The summed E-state index contributed by atoms with van der Waals surface area (Å²) in [6, 6.07) is 10.2. The van der Waals surface area contributed by atoms with Crippen LogP contribution in [0.1, 0.15) is 5.56 Å². The summed E-state index contributed by atoms with van der Waals surface area (Å²) in [6.45, 7) is 0.794. The van der Waals surface area contributed by atoms with Crippen LogP contribution in [0.3, 0.4) is 0 Å². The molecule has 3 heteroatoms. The lowest BCUT2D eigenvalue weighted by atomic mass is 10.0. The van der Waals surface area contributed by atoms with Crippen LogP contribution >= 0.6 is 0 Å². The summed E-state index contributed by atoms with van der Waals surface area (Å²) in [5.41, 5.74) is 3.50. The van der Waals surface area contributed by atoms with Crippen molar-refractivity contribution in [3.8, 4) is 16.9 Å². The molecular formula is C14H16N2O. The molecule has 0 radical (unpaired) electrons. The lowest BCUT2D eigenvalue weighted by Crippen LogP contribution is -2.06. The van der Waals surface area contributed by atoms with E-state index in [1.807, 2.05) is 25.2 Å². The van der Waals surface area contributed by atoms with Gasteiger partial charge in [-0.2, -0.15) is 0 Å². The van der Waals surface area contributed by atoms with E-state index < -0.39 is 0 Å². The molecule has 0 unspecified atom stereocenters. The normalized spacial score (nSPS) is 10.2. The van der Waals surface area contributed by atoms with Gasteiger partial charge in [0.15, 0.2) is 0 Å². The minimum atomic E-state index is 0.794. The molecule has 0 fully saturated rings. The Hall–Kier alpha value is -1.87. The third-order valence-electron chi connectivity index (χ3n) is 2.66. The van der Waals surface area contributed by atoms with Crippen LogP contribution in [-0.2, 0) is 6.54 Å². The van der Waals surface area contributed by atoms with Gasteiger partial charge < -0.3 is 10.1 Å². The Labute approximate surface area is 101 Å². The molecule has 0 saturated carbocycles. The number of methoxy groups -OCH3 is 1. The van der Waals surface area contributed by atoms with Crippen LogP contribution in [0.15, 0.2) is 42.7 Å². The van der Waals surface area contributed by atoms with Crippen molar-refractivity contribution >= 4 is 0 Å². The van der Waals surface area contributed by atoms with Crippen LogP contribution in [0.2, 0.25) is 0 Å². The first-order chi connectivity index (χ1) is 8.35. The molecule has 0 aliphatic heterocycles. The van der Waals surface area contributed by atoms with Crippen molar-refractivity contribution in [2.24, 2.45) is 0 Å². The minimum absolute atomic E-state index is 0.794. The first-order valence-corrected chi connectivity index (χ1v) is 5.57. The summed E-state index contributed by atoms with van der Waals surface area (Å²) in [5, 5.41) is 3.15.